The Morgan fingerprint density at radius 2 is 1.09 bits per heavy atom. The number of aliphatic hydroxyl groups excluding tert-OH is 2. The molecule has 2 unspecified atom stereocenters. The van der Waals surface area contributed by atoms with Crippen molar-refractivity contribution in [2.45, 2.75) is 212 Å². The van der Waals surface area contributed by atoms with Gasteiger partial charge in [0.1, 0.15) is 6.61 Å². The maximum Gasteiger partial charge on any atom is 0.469 e. The topological polar surface area (TPSA) is 160 Å². The van der Waals surface area contributed by atoms with E-state index in [1.165, 1.54) is 96.3 Å². The second kappa shape index (κ2) is 37.7. The Balaban J connectivity index is 4.12. The van der Waals surface area contributed by atoms with Gasteiger partial charge in [0.25, 0.3) is 0 Å². The molecule has 0 radical (unpaired) electrons. The van der Waals surface area contributed by atoms with Gasteiger partial charge in [0, 0.05) is 12.8 Å². The van der Waals surface area contributed by atoms with Crippen LogP contribution in [-0.2, 0) is 28.2 Å². The molecule has 0 aromatic carbocycles. The summed E-state index contributed by atoms with van der Waals surface area (Å²) in [6.07, 6.45) is 36.1. The molecule has 55 heavy (non-hydrogen) atoms. The van der Waals surface area contributed by atoms with Crippen LogP contribution in [-0.4, -0.2) is 63.5 Å². The average Bonchev–Trinajstić information content (AvgIpc) is 3.13. The van der Waals surface area contributed by atoms with Gasteiger partial charge in [-0.2, -0.15) is 0 Å². The molecule has 11 heteroatoms. The molecule has 0 fully saturated rings. The Kier molecular flexibility index (Phi) is 36.5. The van der Waals surface area contributed by atoms with Crippen LogP contribution in [0.3, 0.4) is 0 Å². The first kappa shape index (κ1) is 53.2. The summed E-state index contributed by atoms with van der Waals surface area (Å²) in [6, 6.07) is 0. The molecule has 0 aliphatic rings. The van der Waals surface area contributed by atoms with Crippen molar-refractivity contribution in [2.24, 2.45) is 5.92 Å². The molecular formula is C44H81O10P. The maximum atomic E-state index is 12.4. The van der Waals surface area contributed by atoms with E-state index in [9.17, 15) is 24.4 Å². The number of hydrogen-bond acceptors (Lipinski definition) is 8. The molecule has 0 rings (SSSR count). The van der Waals surface area contributed by atoms with Crippen molar-refractivity contribution in [3.63, 3.8) is 0 Å². The lowest BCUT2D eigenvalue weighted by Crippen LogP contribution is -2.30. The van der Waals surface area contributed by atoms with E-state index in [4.69, 9.17) is 19.3 Å². The third kappa shape index (κ3) is 40.2. The minimum absolute atomic E-state index is 0.101. The van der Waals surface area contributed by atoms with Crippen molar-refractivity contribution in [3.8, 4) is 0 Å². The van der Waals surface area contributed by atoms with E-state index >= 15 is 0 Å². The predicted molar refractivity (Wildman–Crippen MR) is 223 cm³/mol. The van der Waals surface area contributed by atoms with Crippen molar-refractivity contribution in [2.75, 3.05) is 13.2 Å². The van der Waals surface area contributed by atoms with Crippen LogP contribution >= 0.6 is 7.82 Å². The summed E-state index contributed by atoms with van der Waals surface area (Å²) in [7, 11) is -4.84. The number of aliphatic hydroxyl groups is 2. The van der Waals surface area contributed by atoms with E-state index in [1.54, 1.807) is 0 Å². The lowest BCUT2D eigenvalue weighted by molar-refractivity contribution is -0.161. The number of hydrogen-bond donors (Lipinski definition) is 4. The summed E-state index contributed by atoms with van der Waals surface area (Å²) < 4.78 is 26.2. The standard InChI is InChI=1S/C44H81O10P/c1-4-5-6-7-8-9-10-17-20-23-26-29-33-41(45)42(46)34-31-36-44(48)54-40(38-53-55(49,50)51)37-52-43(47)35-30-27-24-21-18-15-13-11-12-14-16-19-22-25-28-32-39(2)3/h8-9,17,20,26,29,39-42,45-46H,4-7,10-16,18-19,21-25,27-28,30-38H2,1-3H3,(H2,49,50,51)/b9-8-,20-17-,29-26-/t40-,41?,42?/m1/s1. The van der Waals surface area contributed by atoms with Gasteiger partial charge in [0.2, 0.25) is 0 Å². The second-order valence-corrected chi connectivity index (χ2v) is 16.7. The molecule has 322 valence electrons. The maximum absolute atomic E-state index is 12.4. The van der Waals surface area contributed by atoms with Gasteiger partial charge in [-0.15, -0.1) is 0 Å². The van der Waals surface area contributed by atoms with Gasteiger partial charge in [-0.25, -0.2) is 4.57 Å². The van der Waals surface area contributed by atoms with Crippen LogP contribution in [0.4, 0.5) is 0 Å². The van der Waals surface area contributed by atoms with E-state index in [0.29, 0.717) is 6.42 Å². The highest BCUT2D eigenvalue weighted by molar-refractivity contribution is 7.46. The first-order chi connectivity index (χ1) is 26.4. The number of phosphoric acid groups is 1. The largest absolute Gasteiger partial charge is 0.469 e. The number of carbonyl (C=O) groups is 2. The molecule has 10 nitrogen and oxygen atoms in total. The lowest BCUT2D eigenvalue weighted by Gasteiger charge is -2.19. The summed E-state index contributed by atoms with van der Waals surface area (Å²) in [6.45, 7) is 5.76. The summed E-state index contributed by atoms with van der Waals surface area (Å²) >= 11 is 0. The number of esters is 2. The van der Waals surface area contributed by atoms with Crippen molar-refractivity contribution in [3.05, 3.63) is 36.5 Å². The molecule has 0 aliphatic carbocycles. The van der Waals surface area contributed by atoms with Crippen LogP contribution < -0.4 is 0 Å². The van der Waals surface area contributed by atoms with E-state index in [-0.39, 0.29) is 38.7 Å². The number of ether oxygens (including phenoxy) is 2. The molecule has 0 spiro atoms. The average molecular weight is 801 g/mol. The van der Waals surface area contributed by atoms with Gasteiger partial charge in [-0.3, -0.25) is 14.1 Å². The molecule has 4 N–H and O–H groups in total. The Hall–Kier alpha value is -1.81. The van der Waals surface area contributed by atoms with Gasteiger partial charge < -0.3 is 29.5 Å². The molecule has 0 aliphatic heterocycles. The zero-order chi connectivity index (χ0) is 40.8. The van der Waals surface area contributed by atoms with Crippen LogP contribution in [0, 0.1) is 5.92 Å². The quantitative estimate of drug-likeness (QED) is 0.0204. The third-order valence-electron chi connectivity index (χ3n) is 9.54. The lowest BCUT2D eigenvalue weighted by atomic mass is 10.0. The van der Waals surface area contributed by atoms with Gasteiger partial charge in [0.05, 0.1) is 18.8 Å². The van der Waals surface area contributed by atoms with Crippen molar-refractivity contribution in [1.82, 2.24) is 0 Å². The van der Waals surface area contributed by atoms with Crippen molar-refractivity contribution >= 4 is 19.8 Å². The molecule has 0 heterocycles. The SMILES string of the molecule is CCCCC/C=C\C/C=C\C/C=C\CC(O)C(O)CCCC(=O)O[C@H](COC(=O)CCCCCCCCCCCCCCCCCC(C)C)COP(=O)(O)O. The summed E-state index contributed by atoms with van der Waals surface area (Å²) in [5.74, 6) is -0.339. The highest BCUT2D eigenvalue weighted by atomic mass is 31.2. The van der Waals surface area contributed by atoms with E-state index in [2.05, 4.69) is 49.6 Å². The molecular weight excluding hydrogens is 719 g/mol. The first-order valence-electron chi connectivity index (χ1n) is 21.8. The molecule has 0 aromatic rings. The summed E-state index contributed by atoms with van der Waals surface area (Å²) in [5, 5.41) is 20.6. The highest BCUT2D eigenvalue weighted by Crippen LogP contribution is 2.36. The van der Waals surface area contributed by atoms with E-state index < -0.39 is 44.7 Å². The number of carbonyl (C=O) groups excluding carboxylic acids is 2. The monoisotopic (exact) mass is 801 g/mol. The first-order valence-corrected chi connectivity index (χ1v) is 23.3. The molecule has 0 amide bonds. The van der Waals surface area contributed by atoms with E-state index in [1.807, 2.05) is 12.2 Å². The number of unbranched alkanes of at least 4 members (excludes halogenated alkanes) is 17. The Morgan fingerprint density at radius 1 is 0.582 bits per heavy atom. The zero-order valence-corrected chi connectivity index (χ0v) is 35.9. The van der Waals surface area contributed by atoms with Gasteiger partial charge in [-0.1, -0.05) is 166 Å². The highest BCUT2D eigenvalue weighted by Gasteiger charge is 2.23. The predicted octanol–water partition coefficient (Wildman–Crippen LogP) is 11.1. The molecule has 3 atom stereocenters. The van der Waals surface area contributed by atoms with E-state index in [0.717, 1.165) is 44.4 Å². The third-order valence-corrected chi connectivity index (χ3v) is 10.0. The minimum Gasteiger partial charge on any atom is -0.462 e. The Labute approximate surface area is 335 Å². The number of phosphoric ester groups is 1. The molecule has 0 bridgehead atoms. The second-order valence-electron chi connectivity index (χ2n) is 15.5. The van der Waals surface area contributed by atoms with Crippen LogP contribution in [0.15, 0.2) is 36.5 Å². The zero-order valence-electron chi connectivity index (χ0n) is 35.0. The van der Waals surface area contributed by atoms with Crippen LogP contribution in [0.2, 0.25) is 0 Å². The Morgan fingerprint density at radius 3 is 1.64 bits per heavy atom. The fourth-order valence-corrected chi connectivity index (χ4v) is 6.49. The number of rotatable bonds is 39. The van der Waals surface area contributed by atoms with Gasteiger partial charge in [0.15, 0.2) is 6.10 Å². The van der Waals surface area contributed by atoms with Crippen molar-refractivity contribution < 1.29 is 48.2 Å². The smallest absolute Gasteiger partial charge is 0.462 e. The fraction of sp³-hybridized carbons (Fsp3) is 0.818. The summed E-state index contributed by atoms with van der Waals surface area (Å²) in [5.41, 5.74) is 0. The Bertz CT molecular complexity index is 1040. The molecule has 0 saturated heterocycles. The van der Waals surface area contributed by atoms with Gasteiger partial charge in [-0.05, 0) is 57.3 Å². The van der Waals surface area contributed by atoms with Crippen LogP contribution in [0.25, 0.3) is 0 Å². The number of allylic oxidation sites excluding steroid dienone is 5. The molecule has 0 aromatic heterocycles. The normalized spacial score (nSPS) is 14.0. The summed E-state index contributed by atoms with van der Waals surface area (Å²) in [4.78, 5) is 42.9. The van der Waals surface area contributed by atoms with Crippen LogP contribution in [0.5, 0.6) is 0 Å². The van der Waals surface area contributed by atoms with Crippen molar-refractivity contribution in [1.29, 1.82) is 0 Å². The molecule has 0 saturated carbocycles. The van der Waals surface area contributed by atoms with Gasteiger partial charge >= 0.3 is 19.8 Å². The van der Waals surface area contributed by atoms with Crippen LogP contribution in [0.1, 0.15) is 194 Å². The fourth-order valence-electron chi connectivity index (χ4n) is 6.13. The minimum atomic E-state index is -4.84.